The lowest BCUT2D eigenvalue weighted by Gasteiger charge is -2.42. The molecule has 0 aromatic carbocycles. The molecule has 1 aliphatic carbocycles. The lowest BCUT2D eigenvalue weighted by atomic mass is 9.81. The van der Waals surface area contributed by atoms with Crippen molar-refractivity contribution in [2.75, 3.05) is 7.05 Å². The van der Waals surface area contributed by atoms with Gasteiger partial charge in [-0.2, -0.15) is 0 Å². The van der Waals surface area contributed by atoms with Gasteiger partial charge in [0.05, 0.1) is 0 Å². The minimum Gasteiger partial charge on any atom is -0.342 e. The van der Waals surface area contributed by atoms with Crippen molar-refractivity contribution in [3.05, 3.63) is 0 Å². The number of carbonyl (C=O) groups is 2. The molecular formula is C14H24N2O2. The molecule has 0 bridgehead atoms. The Balaban J connectivity index is 2.11. The van der Waals surface area contributed by atoms with Crippen molar-refractivity contribution in [3.8, 4) is 0 Å². The third kappa shape index (κ3) is 2.38. The summed E-state index contributed by atoms with van der Waals surface area (Å²) in [5, 5.41) is 2.97. The van der Waals surface area contributed by atoms with Crippen LogP contribution in [0.4, 0.5) is 0 Å². The molecule has 2 fully saturated rings. The quantitative estimate of drug-likeness (QED) is 0.810. The molecule has 0 radical (unpaired) electrons. The van der Waals surface area contributed by atoms with Crippen molar-refractivity contribution in [1.29, 1.82) is 0 Å². The second-order valence-corrected chi connectivity index (χ2v) is 6.02. The summed E-state index contributed by atoms with van der Waals surface area (Å²) >= 11 is 0. The highest BCUT2D eigenvalue weighted by Crippen LogP contribution is 2.29. The molecule has 18 heavy (non-hydrogen) atoms. The first-order valence-electron chi connectivity index (χ1n) is 7.09. The Labute approximate surface area is 109 Å². The summed E-state index contributed by atoms with van der Waals surface area (Å²) in [5.74, 6) is 0.611. The number of rotatable bonds is 2. The monoisotopic (exact) mass is 252 g/mol. The molecule has 4 heteroatoms. The largest absolute Gasteiger partial charge is 0.342 e. The van der Waals surface area contributed by atoms with E-state index >= 15 is 0 Å². The molecule has 0 aromatic heterocycles. The number of amides is 2. The molecular weight excluding hydrogens is 228 g/mol. The van der Waals surface area contributed by atoms with E-state index in [0.717, 1.165) is 12.8 Å². The summed E-state index contributed by atoms with van der Waals surface area (Å²) in [7, 11) is 1.77. The Bertz CT molecular complexity index is 335. The number of piperazine rings is 1. The Morgan fingerprint density at radius 3 is 2.33 bits per heavy atom. The van der Waals surface area contributed by atoms with Gasteiger partial charge in [0.25, 0.3) is 0 Å². The number of hydrogen-bond acceptors (Lipinski definition) is 2. The number of nitrogens with zero attached hydrogens (tertiary/aromatic N) is 1. The molecule has 102 valence electrons. The van der Waals surface area contributed by atoms with Crippen LogP contribution in [0.1, 0.15) is 46.0 Å². The predicted molar refractivity (Wildman–Crippen MR) is 69.9 cm³/mol. The lowest BCUT2D eigenvalue weighted by Crippen LogP contribution is -2.65. The SMILES string of the molecule is CC(C)C1C(=O)NC(C2CCCCC2)C(=O)N1C. The number of nitrogens with one attached hydrogen (secondary N) is 1. The summed E-state index contributed by atoms with van der Waals surface area (Å²) in [6, 6.07) is -0.588. The first-order chi connectivity index (χ1) is 8.52. The summed E-state index contributed by atoms with van der Waals surface area (Å²) in [5.41, 5.74) is 0. The zero-order chi connectivity index (χ0) is 13.3. The predicted octanol–water partition coefficient (Wildman–Crippen LogP) is 1.55. The average Bonchev–Trinajstić information content (AvgIpc) is 2.34. The highest BCUT2D eigenvalue weighted by Gasteiger charge is 2.43. The van der Waals surface area contributed by atoms with E-state index in [-0.39, 0.29) is 29.8 Å². The van der Waals surface area contributed by atoms with Gasteiger partial charge in [0, 0.05) is 7.05 Å². The summed E-state index contributed by atoms with van der Waals surface area (Å²) in [6.45, 7) is 3.96. The maximum Gasteiger partial charge on any atom is 0.245 e. The van der Waals surface area contributed by atoms with Crippen LogP contribution in [0.3, 0.4) is 0 Å². The summed E-state index contributed by atoms with van der Waals surface area (Å²) in [4.78, 5) is 26.2. The maximum absolute atomic E-state index is 12.4. The summed E-state index contributed by atoms with van der Waals surface area (Å²) in [6.07, 6.45) is 5.76. The van der Waals surface area contributed by atoms with Crippen LogP contribution in [-0.2, 0) is 9.59 Å². The molecule has 1 saturated heterocycles. The molecule has 2 atom stereocenters. The van der Waals surface area contributed by atoms with Gasteiger partial charge in [0.15, 0.2) is 0 Å². The fourth-order valence-corrected chi connectivity index (χ4v) is 3.37. The molecule has 2 aliphatic rings. The first kappa shape index (κ1) is 13.4. The van der Waals surface area contributed by atoms with Crippen molar-refractivity contribution in [1.82, 2.24) is 10.2 Å². The molecule has 2 unspecified atom stereocenters. The Morgan fingerprint density at radius 1 is 1.17 bits per heavy atom. The van der Waals surface area contributed by atoms with Crippen molar-refractivity contribution >= 4 is 11.8 Å². The lowest BCUT2D eigenvalue weighted by molar-refractivity contribution is -0.151. The van der Waals surface area contributed by atoms with E-state index in [9.17, 15) is 9.59 Å². The molecule has 0 aromatic rings. The second-order valence-electron chi connectivity index (χ2n) is 6.02. The van der Waals surface area contributed by atoms with Gasteiger partial charge >= 0.3 is 0 Å². The van der Waals surface area contributed by atoms with E-state index < -0.39 is 0 Å². The smallest absolute Gasteiger partial charge is 0.245 e. The van der Waals surface area contributed by atoms with Crippen LogP contribution < -0.4 is 5.32 Å². The van der Waals surface area contributed by atoms with Crippen LogP contribution in [0.5, 0.6) is 0 Å². The highest BCUT2D eigenvalue weighted by molar-refractivity contribution is 5.97. The van der Waals surface area contributed by atoms with Crippen LogP contribution in [-0.4, -0.2) is 35.8 Å². The van der Waals surface area contributed by atoms with Gasteiger partial charge < -0.3 is 10.2 Å². The van der Waals surface area contributed by atoms with Crippen molar-refractivity contribution < 1.29 is 9.59 Å². The van der Waals surface area contributed by atoms with E-state index in [4.69, 9.17) is 0 Å². The topological polar surface area (TPSA) is 49.4 Å². The molecule has 1 heterocycles. The molecule has 2 amide bonds. The number of carbonyl (C=O) groups excluding carboxylic acids is 2. The molecule has 4 nitrogen and oxygen atoms in total. The minimum atomic E-state index is -0.308. The van der Waals surface area contributed by atoms with E-state index in [1.165, 1.54) is 19.3 Å². The molecule has 1 N–H and O–H groups in total. The molecule has 2 rings (SSSR count). The zero-order valence-electron chi connectivity index (χ0n) is 11.6. The molecule has 0 spiro atoms. The van der Waals surface area contributed by atoms with E-state index in [2.05, 4.69) is 5.32 Å². The fraction of sp³-hybridized carbons (Fsp3) is 0.857. The van der Waals surface area contributed by atoms with Crippen LogP contribution in [0, 0.1) is 11.8 Å². The third-order valence-corrected chi connectivity index (χ3v) is 4.35. The molecule has 1 saturated carbocycles. The molecule has 1 aliphatic heterocycles. The number of likely N-dealkylation sites (N-methyl/N-ethyl adjacent to an activating group) is 1. The highest BCUT2D eigenvalue weighted by atomic mass is 16.2. The Morgan fingerprint density at radius 2 is 1.78 bits per heavy atom. The minimum absolute atomic E-state index is 0.0164. The van der Waals surface area contributed by atoms with Crippen molar-refractivity contribution in [3.63, 3.8) is 0 Å². The second kappa shape index (κ2) is 5.29. The Kier molecular flexibility index (Phi) is 3.93. The van der Waals surface area contributed by atoms with E-state index in [1.807, 2.05) is 13.8 Å². The third-order valence-electron chi connectivity index (χ3n) is 4.35. The van der Waals surface area contributed by atoms with Crippen molar-refractivity contribution in [2.45, 2.75) is 58.0 Å². The zero-order valence-corrected chi connectivity index (χ0v) is 11.6. The van der Waals surface area contributed by atoms with E-state index in [0.29, 0.717) is 5.92 Å². The fourth-order valence-electron chi connectivity index (χ4n) is 3.37. The van der Waals surface area contributed by atoms with Crippen LogP contribution in [0.25, 0.3) is 0 Å². The maximum atomic E-state index is 12.4. The van der Waals surface area contributed by atoms with Crippen LogP contribution in [0.15, 0.2) is 0 Å². The van der Waals surface area contributed by atoms with Crippen LogP contribution in [0.2, 0.25) is 0 Å². The van der Waals surface area contributed by atoms with Gasteiger partial charge in [-0.3, -0.25) is 9.59 Å². The van der Waals surface area contributed by atoms with Crippen LogP contribution >= 0.6 is 0 Å². The normalized spacial score (nSPS) is 30.8. The van der Waals surface area contributed by atoms with Gasteiger partial charge in [-0.1, -0.05) is 33.1 Å². The van der Waals surface area contributed by atoms with E-state index in [1.54, 1.807) is 11.9 Å². The van der Waals surface area contributed by atoms with Gasteiger partial charge in [0.1, 0.15) is 12.1 Å². The Hall–Kier alpha value is -1.06. The number of hydrogen-bond donors (Lipinski definition) is 1. The van der Waals surface area contributed by atoms with Gasteiger partial charge in [-0.05, 0) is 24.7 Å². The standard InChI is InChI=1S/C14H24N2O2/c1-9(2)12-13(17)15-11(14(18)16(12)3)10-7-5-4-6-8-10/h9-12H,4-8H2,1-3H3,(H,15,17). The average molecular weight is 252 g/mol. The van der Waals surface area contributed by atoms with Gasteiger partial charge in [-0.25, -0.2) is 0 Å². The summed E-state index contributed by atoms with van der Waals surface area (Å²) < 4.78 is 0. The van der Waals surface area contributed by atoms with Gasteiger partial charge in [-0.15, -0.1) is 0 Å². The van der Waals surface area contributed by atoms with Crippen molar-refractivity contribution in [2.24, 2.45) is 11.8 Å². The van der Waals surface area contributed by atoms with Gasteiger partial charge in [0.2, 0.25) is 11.8 Å². The first-order valence-corrected chi connectivity index (χ1v) is 7.09.